The van der Waals surface area contributed by atoms with Crippen molar-refractivity contribution in [3.05, 3.63) is 57.6 Å². The van der Waals surface area contributed by atoms with E-state index in [2.05, 4.69) is 83.1 Å². The maximum Gasteiger partial charge on any atom is 2.00 e. The fraction of sp³-hybridized carbons (Fsp3) is 0.533. The van der Waals surface area contributed by atoms with Gasteiger partial charge >= 0.3 is 19.5 Å². The summed E-state index contributed by atoms with van der Waals surface area (Å²) >= 11 is 20.4. The van der Waals surface area contributed by atoms with E-state index >= 15 is 0 Å². The monoisotopic (exact) mass is 626 g/mol. The molecule has 0 aliphatic carbocycles. The third-order valence-electron chi connectivity index (χ3n) is 5.92. The summed E-state index contributed by atoms with van der Waals surface area (Å²) in [7, 11) is 0. The van der Waals surface area contributed by atoms with Gasteiger partial charge in [0.15, 0.2) is 0 Å². The van der Waals surface area contributed by atoms with Crippen molar-refractivity contribution in [1.29, 1.82) is 0 Å². The van der Waals surface area contributed by atoms with E-state index in [4.69, 9.17) is 49.7 Å². The molecule has 0 saturated carbocycles. The van der Waals surface area contributed by atoms with Gasteiger partial charge < -0.3 is 59.9 Å². The van der Waals surface area contributed by atoms with Crippen LogP contribution in [0.4, 0.5) is 0 Å². The summed E-state index contributed by atoms with van der Waals surface area (Å²) < 4.78 is 0.900. The van der Waals surface area contributed by atoms with E-state index in [-0.39, 0.29) is 41.1 Å². The van der Waals surface area contributed by atoms with Crippen LogP contribution in [0.2, 0.25) is 0 Å². The molecule has 200 valence electrons. The molecular formula is C30H42O2S4Zn. The summed E-state index contributed by atoms with van der Waals surface area (Å²) in [6.07, 6.45) is 0. The summed E-state index contributed by atoms with van der Waals surface area (Å²) in [6.45, 7) is 24.9. The Morgan fingerprint density at radius 2 is 0.676 bits per heavy atom. The smallest absolute Gasteiger partial charge is 0.507 e. The molecule has 0 unspecified atom stereocenters. The third kappa shape index (κ3) is 9.76. The predicted molar refractivity (Wildman–Crippen MR) is 169 cm³/mol. The van der Waals surface area contributed by atoms with Gasteiger partial charge in [0.1, 0.15) is 11.5 Å². The fourth-order valence-electron chi connectivity index (χ4n) is 3.79. The fourth-order valence-corrected chi connectivity index (χ4v) is 4.26. The molecule has 2 aromatic rings. The van der Waals surface area contributed by atoms with Crippen molar-refractivity contribution in [3.8, 4) is 11.5 Å². The molecule has 7 heteroatoms. The SMILES string of the molecule is CC(C)(C)c1cc(C(=S)[S-])cc(C(C)(C)C)c1O.CC(C)(C)c1cc(C(=S)[S-])cc(C(C)(C)C)c1O.[Zn+2]. The second-order valence-electron chi connectivity index (χ2n) is 13.4. The van der Waals surface area contributed by atoms with Crippen molar-refractivity contribution in [2.45, 2.75) is 105 Å². The van der Waals surface area contributed by atoms with Gasteiger partial charge in [0.25, 0.3) is 0 Å². The van der Waals surface area contributed by atoms with Gasteiger partial charge in [-0.2, -0.15) is 0 Å². The molecule has 2 nitrogen and oxygen atoms in total. The van der Waals surface area contributed by atoms with E-state index < -0.39 is 0 Å². The minimum absolute atomic E-state index is 0. The molecule has 0 spiro atoms. The van der Waals surface area contributed by atoms with Crippen molar-refractivity contribution in [3.63, 3.8) is 0 Å². The van der Waals surface area contributed by atoms with Crippen LogP contribution in [-0.4, -0.2) is 18.6 Å². The molecule has 0 radical (unpaired) electrons. The Hall–Kier alpha value is -0.717. The van der Waals surface area contributed by atoms with Crippen LogP contribution in [0.3, 0.4) is 0 Å². The molecule has 0 aliphatic rings. The number of aromatic hydroxyl groups is 2. The quantitative estimate of drug-likeness (QED) is 0.198. The molecule has 0 aliphatic heterocycles. The van der Waals surface area contributed by atoms with Gasteiger partial charge in [-0.1, -0.05) is 83.1 Å². The normalized spacial score (nSPS) is 12.2. The number of hydrogen-bond donors (Lipinski definition) is 2. The van der Waals surface area contributed by atoms with Crippen LogP contribution in [0, 0.1) is 0 Å². The Morgan fingerprint density at radius 1 is 0.514 bits per heavy atom. The van der Waals surface area contributed by atoms with Crippen LogP contribution in [0.15, 0.2) is 24.3 Å². The van der Waals surface area contributed by atoms with Gasteiger partial charge in [-0.05, 0) is 57.1 Å². The number of thiocarbonyl (C=S) groups is 2. The number of hydrogen-bond acceptors (Lipinski definition) is 6. The first-order valence-corrected chi connectivity index (χ1v) is 13.7. The Balaban J connectivity index is 0.000000682. The Morgan fingerprint density at radius 3 is 0.784 bits per heavy atom. The molecule has 0 fully saturated rings. The first-order valence-electron chi connectivity index (χ1n) is 12.1. The number of phenols is 2. The van der Waals surface area contributed by atoms with Crippen molar-refractivity contribution < 1.29 is 29.7 Å². The minimum atomic E-state index is -0.139. The van der Waals surface area contributed by atoms with Crippen molar-refractivity contribution in [1.82, 2.24) is 0 Å². The average Bonchev–Trinajstić information content (AvgIpc) is 2.64. The summed E-state index contributed by atoms with van der Waals surface area (Å²) in [5, 5.41) is 21.0. The van der Waals surface area contributed by atoms with Gasteiger partial charge in [-0.25, -0.2) is 0 Å². The molecule has 0 heterocycles. The summed E-state index contributed by atoms with van der Waals surface area (Å²) in [4.78, 5) is 0. The number of phenolic OH excluding ortho intramolecular Hbond substituents is 2. The van der Waals surface area contributed by atoms with Gasteiger partial charge in [-0.3, -0.25) is 0 Å². The maximum absolute atomic E-state index is 10.5. The van der Waals surface area contributed by atoms with Crippen molar-refractivity contribution in [2.24, 2.45) is 0 Å². The Labute approximate surface area is 260 Å². The molecule has 37 heavy (non-hydrogen) atoms. The average molecular weight is 628 g/mol. The zero-order valence-electron chi connectivity index (χ0n) is 24.5. The van der Waals surface area contributed by atoms with Crippen LogP contribution in [0.25, 0.3) is 0 Å². The molecule has 0 atom stereocenters. The van der Waals surface area contributed by atoms with Crippen LogP contribution < -0.4 is 0 Å². The molecule has 2 N–H and O–H groups in total. The second kappa shape index (κ2) is 12.6. The Kier molecular flexibility index (Phi) is 12.4. The first kappa shape index (κ1) is 36.3. The largest absolute Gasteiger partial charge is 2.00 e. The molecule has 0 bridgehead atoms. The van der Waals surface area contributed by atoms with Gasteiger partial charge in [0.05, 0.1) is 0 Å². The van der Waals surface area contributed by atoms with Crippen LogP contribution in [-0.2, 0) is 66.4 Å². The van der Waals surface area contributed by atoms with E-state index in [1.807, 2.05) is 24.3 Å². The zero-order valence-corrected chi connectivity index (χ0v) is 30.8. The summed E-state index contributed by atoms with van der Waals surface area (Å²) in [6, 6.07) is 7.67. The van der Waals surface area contributed by atoms with Crippen LogP contribution in [0.5, 0.6) is 11.5 Å². The van der Waals surface area contributed by atoms with Crippen LogP contribution in [0.1, 0.15) is 116 Å². The van der Waals surface area contributed by atoms with E-state index in [1.54, 1.807) is 0 Å². The molecule has 2 aromatic carbocycles. The predicted octanol–water partition coefficient (Wildman–Crippen LogP) is 8.42. The number of rotatable bonds is 2. The van der Waals surface area contributed by atoms with E-state index in [1.165, 1.54) is 0 Å². The van der Waals surface area contributed by atoms with E-state index in [0.29, 0.717) is 19.9 Å². The summed E-state index contributed by atoms with van der Waals surface area (Å²) in [5.74, 6) is 0.731. The minimum Gasteiger partial charge on any atom is -0.507 e. The number of benzene rings is 2. The van der Waals surface area contributed by atoms with Crippen molar-refractivity contribution in [2.75, 3.05) is 0 Å². The topological polar surface area (TPSA) is 40.5 Å². The van der Waals surface area contributed by atoms with Gasteiger partial charge in [-0.15, -0.1) is 8.39 Å². The standard InChI is InChI=1S/2C15H22OS2.Zn/c2*1-14(2,3)10-7-9(13(17)18)8-11(12(10)16)15(4,5)6;/h2*7-8,16H,1-6H3,(H,17,18);/q;;+2/p-2. The molecule has 2 rings (SSSR count). The van der Waals surface area contributed by atoms with Crippen LogP contribution >= 0.6 is 24.4 Å². The first-order chi connectivity index (χ1) is 15.9. The maximum atomic E-state index is 10.5. The zero-order chi connectivity index (χ0) is 28.6. The van der Waals surface area contributed by atoms with E-state index in [9.17, 15) is 10.2 Å². The van der Waals surface area contributed by atoms with Crippen molar-refractivity contribution >= 4 is 58.1 Å². The second-order valence-corrected chi connectivity index (χ2v) is 15.6. The molecule has 0 aromatic heterocycles. The van der Waals surface area contributed by atoms with E-state index in [0.717, 1.165) is 33.4 Å². The van der Waals surface area contributed by atoms with Gasteiger partial charge in [0.2, 0.25) is 0 Å². The molecular weight excluding hydrogens is 586 g/mol. The third-order valence-corrected chi connectivity index (χ3v) is 6.87. The molecule has 0 amide bonds. The molecule has 0 saturated heterocycles. The van der Waals surface area contributed by atoms with Gasteiger partial charge in [0, 0.05) is 22.3 Å². The Bertz CT molecular complexity index is 981. The summed E-state index contributed by atoms with van der Waals surface area (Å²) in [5.41, 5.74) is 4.75.